The molecule has 2 atom stereocenters. The van der Waals surface area contributed by atoms with Crippen molar-refractivity contribution in [3.63, 3.8) is 0 Å². The van der Waals surface area contributed by atoms with Gasteiger partial charge >= 0.3 is 0 Å². The molecular weight excluding hydrogens is 178 g/mol. The zero-order valence-electron chi connectivity index (χ0n) is 9.21. The third-order valence-electron chi connectivity index (χ3n) is 2.75. The highest BCUT2D eigenvalue weighted by molar-refractivity contribution is 5.76. The molecular formula is C11H21NO2. The molecule has 1 aliphatic rings. The first-order valence-corrected chi connectivity index (χ1v) is 5.59. The Hall–Kier alpha value is -0.570. The van der Waals surface area contributed by atoms with Gasteiger partial charge in [0.15, 0.2) is 0 Å². The summed E-state index contributed by atoms with van der Waals surface area (Å²) in [6.07, 6.45) is 3.85. The van der Waals surface area contributed by atoms with Crippen LogP contribution >= 0.6 is 0 Å². The van der Waals surface area contributed by atoms with Crippen LogP contribution in [0.4, 0.5) is 0 Å². The van der Waals surface area contributed by atoms with Gasteiger partial charge in [0, 0.05) is 25.7 Å². The fourth-order valence-electron chi connectivity index (χ4n) is 1.67. The summed E-state index contributed by atoms with van der Waals surface area (Å²) in [5.41, 5.74) is 0. The molecule has 1 N–H and O–H groups in total. The Bertz CT molecular complexity index is 176. The second kappa shape index (κ2) is 6.02. The molecule has 1 aliphatic heterocycles. The van der Waals surface area contributed by atoms with Crippen LogP contribution < -0.4 is 5.32 Å². The van der Waals surface area contributed by atoms with Gasteiger partial charge in [-0.1, -0.05) is 6.92 Å². The van der Waals surface area contributed by atoms with Crippen molar-refractivity contribution in [1.82, 2.24) is 5.32 Å². The van der Waals surface area contributed by atoms with Gasteiger partial charge in [0.25, 0.3) is 0 Å². The van der Waals surface area contributed by atoms with Gasteiger partial charge in [-0.25, -0.2) is 0 Å². The monoisotopic (exact) mass is 199 g/mol. The third kappa shape index (κ3) is 4.09. The van der Waals surface area contributed by atoms with Gasteiger partial charge < -0.3 is 10.1 Å². The minimum atomic E-state index is 0.176. The molecule has 3 heteroatoms. The van der Waals surface area contributed by atoms with Crippen LogP contribution in [0.1, 0.15) is 39.5 Å². The maximum absolute atomic E-state index is 11.5. The number of carbonyl (C=O) groups is 1. The van der Waals surface area contributed by atoms with Crippen molar-refractivity contribution in [2.24, 2.45) is 5.92 Å². The number of amides is 1. The highest BCUT2D eigenvalue weighted by Crippen LogP contribution is 2.16. The summed E-state index contributed by atoms with van der Waals surface area (Å²) in [6, 6.07) is 0.298. The Morgan fingerprint density at radius 1 is 1.64 bits per heavy atom. The van der Waals surface area contributed by atoms with E-state index < -0.39 is 0 Å². The standard InChI is InChI=1S/C11H21NO2/c1-3-9(2)12-11(13)7-10-5-4-6-14-8-10/h9-10H,3-8H2,1-2H3,(H,12,13). The van der Waals surface area contributed by atoms with Crippen LogP contribution in [0.15, 0.2) is 0 Å². The zero-order chi connectivity index (χ0) is 10.4. The molecule has 14 heavy (non-hydrogen) atoms. The van der Waals surface area contributed by atoms with E-state index in [1.54, 1.807) is 0 Å². The van der Waals surface area contributed by atoms with E-state index in [2.05, 4.69) is 12.2 Å². The highest BCUT2D eigenvalue weighted by Gasteiger charge is 2.17. The van der Waals surface area contributed by atoms with Gasteiger partial charge in [-0.3, -0.25) is 4.79 Å². The average Bonchev–Trinajstić information content (AvgIpc) is 2.19. The summed E-state index contributed by atoms with van der Waals surface area (Å²) in [5.74, 6) is 0.614. The minimum Gasteiger partial charge on any atom is -0.381 e. The third-order valence-corrected chi connectivity index (χ3v) is 2.75. The molecule has 2 unspecified atom stereocenters. The lowest BCUT2D eigenvalue weighted by Gasteiger charge is -2.22. The number of hydrogen-bond donors (Lipinski definition) is 1. The summed E-state index contributed by atoms with van der Waals surface area (Å²) in [7, 11) is 0. The Kier molecular flexibility index (Phi) is 4.94. The molecule has 0 aromatic carbocycles. The van der Waals surface area contributed by atoms with Gasteiger partial charge in [-0.05, 0) is 32.1 Å². The number of carbonyl (C=O) groups excluding carboxylic acids is 1. The van der Waals surface area contributed by atoms with E-state index in [0.29, 0.717) is 18.4 Å². The topological polar surface area (TPSA) is 38.3 Å². The first kappa shape index (κ1) is 11.5. The molecule has 1 fully saturated rings. The summed E-state index contributed by atoms with van der Waals surface area (Å²) in [6.45, 7) is 5.74. The predicted molar refractivity (Wildman–Crippen MR) is 56.1 cm³/mol. The molecule has 1 rings (SSSR count). The van der Waals surface area contributed by atoms with Gasteiger partial charge in [-0.15, -0.1) is 0 Å². The van der Waals surface area contributed by atoms with E-state index >= 15 is 0 Å². The molecule has 0 saturated carbocycles. The van der Waals surface area contributed by atoms with E-state index in [-0.39, 0.29) is 5.91 Å². The fraction of sp³-hybridized carbons (Fsp3) is 0.909. The smallest absolute Gasteiger partial charge is 0.220 e. The second-order valence-corrected chi connectivity index (χ2v) is 4.16. The van der Waals surface area contributed by atoms with Gasteiger partial charge in [-0.2, -0.15) is 0 Å². The maximum atomic E-state index is 11.5. The van der Waals surface area contributed by atoms with E-state index in [4.69, 9.17) is 4.74 Å². The van der Waals surface area contributed by atoms with Crippen LogP contribution in [-0.4, -0.2) is 25.2 Å². The van der Waals surface area contributed by atoms with Crippen LogP contribution in [0.2, 0.25) is 0 Å². The summed E-state index contributed by atoms with van der Waals surface area (Å²) >= 11 is 0. The molecule has 0 aromatic heterocycles. The Morgan fingerprint density at radius 2 is 2.43 bits per heavy atom. The molecule has 1 saturated heterocycles. The normalized spacial score (nSPS) is 24.3. The first-order valence-electron chi connectivity index (χ1n) is 5.59. The van der Waals surface area contributed by atoms with Crippen LogP contribution in [0.5, 0.6) is 0 Å². The summed E-state index contributed by atoms with van der Waals surface area (Å²) in [5, 5.41) is 2.98. The molecule has 0 bridgehead atoms. The van der Waals surface area contributed by atoms with E-state index in [1.165, 1.54) is 0 Å². The minimum absolute atomic E-state index is 0.176. The van der Waals surface area contributed by atoms with E-state index in [0.717, 1.165) is 32.5 Å². The van der Waals surface area contributed by atoms with Gasteiger partial charge in [0.2, 0.25) is 5.91 Å². The van der Waals surface area contributed by atoms with E-state index in [1.807, 2.05) is 6.92 Å². The highest BCUT2D eigenvalue weighted by atomic mass is 16.5. The maximum Gasteiger partial charge on any atom is 0.220 e. The van der Waals surface area contributed by atoms with Crippen LogP contribution in [0, 0.1) is 5.92 Å². The molecule has 1 heterocycles. The quantitative estimate of drug-likeness (QED) is 0.748. The molecule has 3 nitrogen and oxygen atoms in total. The van der Waals surface area contributed by atoms with Crippen LogP contribution in [0.3, 0.4) is 0 Å². The Morgan fingerprint density at radius 3 is 3.00 bits per heavy atom. The Balaban J connectivity index is 2.18. The van der Waals surface area contributed by atoms with E-state index in [9.17, 15) is 4.79 Å². The summed E-state index contributed by atoms with van der Waals surface area (Å²) < 4.78 is 5.33. The lowest BCUT2D eigenvalue weighted by Crippen LogP contribution is -2.34. The van der Waals surface area contributed by atoms with Gasteiger partial charge in [0.05, 0.1) is 0 Å². The molecule has 0 spiro atoms. The SMILES string of the molecule is CCC(C)NC(=O)CC1CCCOC1. The van der Waals surface area contributed by atoms with Gasteiger partial charge in [0.1, 0.15) is 0 Å². The fourth-order valence-corrected chi connectivity index (χ4v) is 1.67. The second-order valence-electron chi connectivity index (χ2n) is 4.16. The number of rotatable bonds is 4. The number of ether oxygens (including phenoxy) is 1. The molecule has 0 aromatic rings. The van der Waals surface area contributed by atoms with Crippen molar-refractivity contribution in [3.05, 3.63) is 0 Å². The average molecular weight is 199 g/mol. The number of hydrogen-bond acceptors (Lipinski definition) is 2. The van der Waals surface area contributed by atoms with Crippen LogP contribution in [-0.2, 0) is 9.53 Å². The van der Waals surface area contributed by atoms with Crippen molar-refractivity contribution >= 4 is 5.91 Å². The lowest BCUT2D eigenvalue weighted by molar-refractivity contribution is -0.123. The zero-order valence-corrected chi connectivity index (χ0v) is 9.21. The van der Waals surface area contributed by atoms with Crippen molar-refractivity contribution in [2.75, 3.05) is 13.2 Å². The Labute approximate surface area is 86.2 Å². The van der Waals surface area contributed by atoms with Crippen molar-refractivity contribution in [1.29, 1.82) is 0 Å². The van der Waals surface area contributed by atoms with Crippen molar-refractivity contribution in [2.45, 2.75) is 45.6 Å². The largest absolute Gasteiger partial charge is 0.381 e. The molecule has 82 valence electrons. The van der Waals surface area contributed by atoms with Crippen molar-refractivity contribution in [3.8, 4) is 0 Å². The predicted octanol–water partition coefficient (Wildman–Crippen LogP) is 1.72. The van der Waals surface area contributed by atoms with Crippen LogP contribution in [0.25, 0.3) is 0 Å². The summed E-state index contributed by atoms with van der Waals surface area (Å²) in [4.78, 5) is 11.5. The molecule has 0 aliphatic carbocycles. The molecule has 1 amide bonds. The number of nitrogens with one attached hydrogen (secondary N) is 1. The first-order chi connectivity index (χ1) is 6.72. The molecule has 0 radical (unpaired) electrons. The van der Waals surface area contributed by atoms with Crippen molar-refractivity contribution < 1.29 is 9.53 Å². The lowest BCUT2D eigenvalue weighted by atomic mass is 9.98.